The van der Waals surface area contributed by atoms with Gasteiger partial charge in [0.15, 0.2) is 0 Å². The molecule has 3 nitrogen and oxygen atoms in total. The van der Waals surface area contributed by atoms with E-state index in [1.54, 1.807) is 0 Å². The van der Waals surface area contributed by atoms with Crippen LogP contribution in [-0.2, 0) is 9.53 Å². The van der Waals surface area contributed by atoms with E-state index in [-0.39, 0.29) is 0 Å². The van der Waals surface area contributed by atoms with Crippen LogP contribution < -0.4 is 0 Å². The van der Waals surface area contributed by atoms with Crippen LogP contribution in [0.2, 0.25) is 0 Å². The van der Waals surface area contributed by atoms with Crippen LogP contribution in [0.15, 0.2) is 0 Å². The van der Waals surface area contributed by atoms with Gasteiger partial charge in [-0.05, 0) is 6.42 Å². The lowest BCUT2D eigenvalue weighted by molar-refractivity contribution is -0.135. The summed E-state index contributed by atoms with van der Waals surface area (Å²) in [6, 6.07) is 0. The minimum atomic E-state index is 0.311. The molecular weight excluding hydrogens is 214 g/mol. The van der Waals surface area contributed by atoms with E-state index < -0.39 is 0 Å². The van der Waals surface area contributed by atoms with Crippen LogP contribution in [0, 0.1) is 6.92 Å². The summed E-state index contributed by atoms with van der Waals surface area (Å²) in [5.41, 5.74) is 0. The van der Waals surface area contributed by atoms with Gasteiger partial charge < -0.3 is 9.64 Å². The van der Waals surface area contributed by atoms with E-state index >= 15 is 0 Å². The van der Waals surface area contributed by atoms with Gasteiger partial charge in [0, 0.05) is 19.5 Å². The number of unbranched alkanes of at least 4 members (excludes halogenated alkanes) is 6. The maximum absolute atomic E-state index is 11.8. The van der Waals surface area contributed by atoms with Crippen LogP contribution in [0.3, 0.4) is 0 Å². The molecule has 0 saturated carbocycles. The van der Waals surface area contributed by atoms with Gasteiger partial charge in [-0.15, -0.1) is 0 Å². The maximum Gasteiger partial charge on any atom is 0.222 e. The van der Waals surface area contributed by atoms with E-state index in [4.69, 9.17) is 4.74 Å². The molecule has 1 rings (SSSR count). The number of carbonyl (C=O) groups is 1. The van der Waals surface area contributed by atoms with Gasteiger partial charge in [0.05, 0.1) is 13.2 Å². The lowest BCUT2D eigenvalue weighted by atomic mass is 10.1. The molecule has 1 aliphatic rings. The Morgan fingerprint density at radius 1 is 1.00 bits per heavy atom. The van der Waals surface area contributed by atoms with E-state index in [1.165, 1.54) is 32.1 Å². The molecule has 0 aromatic heterocycles. The van der Waals surface area contributed by atoms with Crippen molar-refractivity contribution in [1.29, 1.82) is 0 Å². The first-order valence-electron chi connectivity index (χ1n) is 6.99. The predicted molar refractivity (Wildman–Crippen MR) is 69.7 cm³/mol. The standard InChI is InChI=1S/C14H26NO2/c1-2-3-4-5-6-7-8-9-14(16)15-10-12-17-13-11-15/h1-13H2. The number of morpholine rings is 1. The van der Waals surface area contributed by atoms with E-state index in [0.717, 1.165) is 32.4 Å². The number of rotatable bonds is 8. The fourth-order valence-corrected chi connectivity index (χ4v) is 2.13. The average Bonchev–Trinajstić information content (AvgIpc) is 2.38. The topological polar surface area (TPSA) is 29.5 Å². The van der Waals surface area contributed by atoms with Gasteiger partial charge in [0.2, 0.25) is 5.91 Å². The minimum Gasteiger partial charge on any atom is -0.378 e. The number of hydrogen-bond acceptors (Lipinski definition) is 2. The highest BCUT2D eigenvalue weighted by Crippen LogP contribution is 2.10. The zero-order valence-corrected chi connectivity index (χ0v) is 11.0. The third kappa shape index (κ3) is 6.67. The van der Waals surface area contributed by atoms with E-state index in [1.807, 2.05) is 4.90 Å². The molecule has 17 heavy (non-hydrogen) atoms. The normalized spacial score (nSPS) is 16.2. The van der Waals surface area contributed by atoms with Gasteiger partial charge in [-0.2, -0.15) is 0 Å². The second-order valence-corrected chi connectivity index (χ2v) is 4.72. The second kappa shape index (κ2) is 9.46. The van der Waals surface area contributed by atoms with Crippen molar-refractivity contribution in [3.05, 3.63) is 6.92 Å². The molecule has 1 radical (unpaired) electrons. The SMILES string of the molecule is [CH2]CCCCCCCCC(=O)N1CCOCC1. The second-order valence-electron chi connectivity index (χ2n) is 4.72. The molecule has 0 aliphatic carbocycles. The molecule has 0 aromatic carbocycles. The fourth-order valence-electron chi connectivity index (χ4n) is 2.13. The smallest absolute Gasteiger partial charge is 0.222 e. The molecule has 1 heterocycles. The maximum atomic E-state index is 11.8. The molecule has 1 saturated heterocycles. The Morgan fingerprint density at radius 2 is 1.59 bits per heavy atom. The Bertz CT molecular complexity index is 200. The molecule has 99 valence electrons. The summed E-state index contributed by atoms with van der Waals surface area (Å²) in [5.74, 6) is 0.311. The van der Waals surface area contributed by atoms with E-state index in [0.29, 0.717) is 19.1 Å². The van der Waals surface area contributed by atoms with Crippen molar-refractivity contribution in [2.75, 3.05) is 26.3 Å². The lowest BCUT2D eigenvalue weighted by Crippen LogP contribution is -2.40. The van der Waals surface area contributed by atoms with Crippen molar-refractivity contribution in [2.45, 2.75) is 51.4 Å². The van der Waals surface area contributed by atoms with Crippen molar-refractivity contribution < 1.29 is 9.53 Å². The Kier molecular flexibility index (Phi) is 8.06. The largest absolute Gasteiger partial charge is 0.378 e. The van der Waals surface area contributed by atoms with Gasteiger partial charge in [-0.25, -0.2) is 0 Å². The Hall–Kier alpha value is -0.570. The zero-order valence-electron chi connectivity index (χ0n) is 11.0. The molecule has 0 bridgehead atoms. The van der Waals surface area contributed by atoms with E-state index in [2.05, 4.69) is 6.92 Å². The molecule has 0 N–H and O–H groups in total. The van der Waals surface area contributed by atoms with Crippen molar-refractivity contribution in [3.8, 4) is 0 Å². The molecule has 0 unspecified atom stereocenters. The third-order valence-electron chi connectivity index (χ3n) is 3.25. The molecule has 1 aliphatic heterocycles. The van der Waals surface area contributed by atoms with Crippen LogP contribution in [0.4, 0.5) is 0 Å². The number of nitrogens with zero attached hydrogens (tertiary/aromatic N) is 1. The highest BCUT2D eigenvalue weighted by Gasteiger charge is 2.15. The van der Waals surface area contributed by atoms with Gasteiger partial charge in [-0.3, -0.25) is 4.79 Å². The molecular formula is C14H26NO2. The van der Waals surface area contributed by atoms with E-state index in [9.17, 15) is 4.79 Å². The number of carbonyl (C=O) groups excluding carboxylic acids is 1. The summed E-state index contributed by atoms with van der Waals surface area (Å²) in [5, 5.41) is 0. The highest BCUT2D eigenvalue weighted by atomic mass is 16.5. The first kappa shape index (κ1) is 14.5. The third-order valence-corrected chi connectivity index (χ3v) is 3.25. The molecule has 0 atom stereocenters. The van der Waals surface area contributed by atoms with Crippen molar-refractivity contribution in [2.24, 2.45) is 0 Å². The van der Waals surface area contributed by atoms with Gasteiger partial charge in [0.25, 0.3) is 0 Å². The quantitative estimate of drug-likeness (QED) is 0.611. The fraction of sp³-hybridized carbons (Fsp3) is 0.857. The molecule has 1 fully saturated rings. The first-order chi connectivity index (χ1) is 8.34. The number of hydrogen-bond donors (Lipinski definition) is 0. The molecule has 1 amide bonds. The first-order valence-corrected chi connectivity index (χ1v) is 6.99. The minimum absolute atomic E-state index is 0.311. The summed E-state index contributed by atoms with van der Waals surface area (Å²) in [4.78, 5) is 13.7. The van der Waals surface area contributed by atoms with Crippen LogP contribution in [-0.4, -0.2) is 37.1 Å². The highest BCUT2D eigenvalue weighted by molar-refractivity contribution is 5.76. The number of amides is 1. The summed E-state index contributed by atoms with van der Waals surface area (Å²) < 4.78 is 5.23. The summed E-state index contributed by atoms with van der Waals surface area (Å²) in [6.07, 6.45) is 9.09. The monoisotopic (exact) mass is 240 g/mol. The Morgan fingerprint density at radius 3 is 2.24 bits per heavy atom. The zero-order chi connectivity index (χ0) is 12.3. The van der Waals surface area contributed by atoms with Crippen LogP contribution in [0.25, 0.3) is 0 Å². The van der Waals surface area contributed by atoms with Gasteiger partial charge >= 0.3 is 0 Å². The summed E-state index contributed by atoms with van der Waals surface area (Å²) in [6.45, 7) is 6.80. The van der Waals surface area contributed by atoms with Crippen molar-refractivity contribution >= 4 is 5.91 Å². The van der Waals surface area contributed by atoms with Crippen LogP contribution in [0.1, 0.15) is 51.4 Å². The van der Waals surface area contributed by atoms with Gasteiger partial charge in [0.1, 0.15) is 0 Å². The molecule has 0 spiro atoms. The van der Waals surface area contributed by atoms with Crippen LogP contribution in [0.5, 0.6) is 0 Å². The molecule has 3 heteroatoms. The summed E-state index contributed by atoms with van der Waals surface area (Å²) >= 11 is 0. The predicted octanol–water partition coefficient (Wildman–Crippen LogP) is 2.80. The Balaban J connectivity index is 1.92. The number of ether oxygens (including phenoxy) is 1. The average molecular weight is 240 g/mol. The Labute approximate surface area is 106 Å². The lowest BCUT2D eigenvalue weighted by Gasteiger charge is -2.26. The summed E-state index contributed by atoms with van der Waals surface area (Å²) in [7, 11) is 0. The van der Waals surface area contributed by atoms with Crippen molar-refractivity contribution in [1.82, 2.24) is 4.90 Å². The van der Waals surface area contributed by atoms with Gasteiger partial charge in [-0.1, -0.05) is 45.4 Å². The molecule has 0 aromatic rings. The van der Waals surface area contributed by atoms with Crippen LogP contribution >= 0.6 is 0 Å². The van der Waals surface area contributed by atoms with Crippen molar-refractivity contribution in [3.63, 3.8) is 0 Å².